The van der Waals surface area contributed by atoms with Crippen molar-refractivity contribution < 1.29 is 0 Å². The van der Waals surface area contributed by atoms with Crippen molar-refractivity contribution in [1.29, 1.82) is 5.26 Å². The number of nitrogen functional groups attached to an aromatic ring is 2. The lowest BCUT2D eigenvalue weighted by atomic mass is 9.91. The van der Waals surface area contributed by atoms with Crippen LogP contribution in [0.4, 0.5) is 23.0 Å². The monoisotopic (exact) mass is 398 g/mol. The molecule has 1 aromatic heterocycles. The summed E-state index contributed by atoms with van der Waals surface area (Å²) in [4.78, 5) is 7.94. The molecule has 2 aromatic carbocycles. The van der Waals surface area contributed by atoms with E-state index >= 15 is 0 Å². The van der Waals surface area contributed by atoms with Gasteiger partial charge in [0.1, 0.15) is 12.0 Å². The number of anilines is 4. The normalized spacial score (nSPS) is 11.6. The standard InChI is InChI=1S/C19H16Cl2N6/c1-10-6-13(14(8-22)11-2-4-12(20)5-3-11)15(21)7-16(10)27-19-17(23)18(24)25-9-26-19/h2-7,9,14H,23H2,1H3,(H3,24,25,26,27). The van der Waals surface area contributed by atoms with E-state index in [1.54, 1.807) is 18.2 Å². The zero-order chi connectivity index (χ0) is 19.6. The fourth-order valence-corrected chi connectivity index (χ4v) is 3.07. The first-order valence-electron chi connectivity index (χ1n) is 7.98. The Bertz CT molecular complexity index is 1030. The molecule has 136 valence electrons. The number of benzene rings is 2. The number of rotatable bonds is 4. The number of halogens is 2. The topological polar surface area (TPSA) is 114 Å². The van der Waals surface area contributed by atoms with Crippen LogP contribution in [0.1, 0.15) is 22.6 Å². The Morgan fingerprint density at radius 1 is 1.11 bits per heavy atom. The predicted molar refractivity (Wildman–Crippen MR) is 109 cm³/mol. The molecule has 0 spiro atoms. The summed E-state index contributed by atoms with van der Waals surface area (Å²) in [6.45, 7) is 1.90. The molecule has 1 atom stereocenters. The van der Waals surface area contributed by atoms with Crippen LogP contribution in [0.2, 0.25) is 10.0 Å². The number of aromatic nitrogens is 2. The third-order valence-corrected chi connectivity index (χ3v) is 4.73. The fraction of sp³-hybridized carbons (Fsp3) is 0.105. The Kier molecular flexibility index (Phi) is 5.36. The third-order valence-electron chi connectivity index (χ3n) is 4.15. The summed E-state index contributed by atoms with van der Waals surface area (Å²) in [5, 5.41) is 13.9. The van der Waals surface area contributed by atoms with Crippen LogP contribution >= 0.6 is 23.2 Å². The molecule has 5 N–H and O–H groups in total. The van der Waals surface area contributed by atoms with E-state index < -0.39 is 5.92 Å². The fourth-order valence-electron chi connectivity index (χ4n) is 2.67. The highest BCUT2D eigenvalue weighted by molar-refractivity contribution is 6.32. The van der Waals surface area contributed by atoms with Crippen molar-refractivity contribution in [2.24, 2.45) is 0 Å². The average molecular weight is 399 g/mol. The van der Waals surface area contributed by atoms with Gasteiger partial charge in [0, 0.05) is 15.7 Å². The molecule has 0 aliphatic heterocycles. The molecule has 0 bridgehead atoms. The van der Waals surface area contributed by atoms with Gasteiger partial charge in [0.25, 0.3) is 0 Å². The molecule has 0 fully saturated rings. The molecule has 27 heavy (non-hydrogen) atoms. The number of hydrogen-bond acceptors (Lipinski definition) is 6. The molecule has 3 rings (SSSR count). The van der Waals surface area contributed by atoms with Gasteiger partial charge in [-0.05, 0) is 41.8 Å². The van der Waals surface area contributed by atoms with Gasteiger partial charge in [-0.1, -0.05) is 41.4 Å². The second kappa shape index (κ2) is 7.70. The second-order valence-electron chi connectivity index (χ2n) is 5.95. The number of aryl methyl sites for hydroxylation is 1. The minimum absolute atomic E-state index is 0.195. The van der Waals surface area contributed by atoms with Crippen molar-refractivity contribution in [3.63, 3.8) is 0 Å². The zero-order valence-electron chi connectivity index (χ0n) is 14.4. The van der Waals surface area contributed by atoms with E-state index in [1.165, 1.54) is 6.33 Å². The molecule has 0 amide bonds. The van der Waals surface area contributed by atoms with Crippen LogP contribution in [0.15, 0.2) is 42.7 Å². The minimum atomic E-state index is -0.512. The molecule has 0 aliphatic carbocycles. The molecule has 6 nitrogen and oxygen atoms in total. The first-order valence-corrected chi connectivity index (χ1v) is 8.74. The molecular weight excluding hydrogens is 383 g/mol. The van der Waals surface area contributed by atoms with Gasteiger partial charge in [-0.2, -0.15) is 5.26 Å². The summed E-state index contributed by atoms with van der Waals surface area (Å²) < 4.78 is 0. The Morgan fingerprint density at radius 2 is 1.81 bits per heavy atom. The number of nitrogens with zero attached hydrogens (tertiary/aromatic N) is 3. The molecule has 1 unspecified atom stereocenters. The highest BCUT2D eigenvalue weighted by atomic mass is 35.5. The van der Waals surface area contributed by atoms with Crippen LogP contribution < -0.4 is 16.8 Å². The Labute approximate surface area is 166 Å². The van der Waals surface area contributed by atoms with Crippen LogP contribution in [-0.4, -0.2) is 9.97 Å². The number of nitriles is 1. The van der Waals surface area contributed by atoms with Crippen molar-refractivity contribution in [3.05, 3.63) is 69.5 Å². The largest absolute Gasteiger partial charge is 0.393 e. The summed E-state index contributed by atoms with van der Waals surface area (Å²) in [7, 11) is 0. The van der Waals surface area contributed by atoms with Gasteiger partial charge in [0.05, 0.1) is 12.0 Å². The van der Waals surface area contributed by atoms with Gasteiger partial charge in [-0.25, -0.2) is 9.97 Å². The molecule has 3 aromatic rings. The Hall–Kier alpha value is -3.01. The maximum absolute atomic E-state index is 9.68. The molecule has 0 saturated heterocycles. The second-order valence-corrected chi connectivity index (χ2v) is 6.79. The average Bonchev–Trinajstić information content (AvgIpc) is 2.65. The summed E-state index contributed by atoms with van der Waals surface area (Å²) in [6.07, 6.45) is 1.32. The lowest BCUT2D eigenvalue weighted by Crippen LogP contribution is -2.06. The molecule has 1 heterocycles. The van der Waals surface area contributed by atoms with E-state index in [0.29, 0.717) is 27.1 Å². The highest BCUT2D eigenvalue weighted by Crippen LogP contribution is 2.35. The Balaban J connectivity index is 1.98. The third kappa shape index (κ3) is 3.90. The van der Waals surface area contributed by atoms with Crippen molar-refractivity contribution in [1.82, 2.24) is 9.97 Å². The molecule has 0 saturated carbocycles. The van der Waals surface area contributed by atoms with Gasteiger partial charge in [0.15, 0.2) is 11.6 Å². The van der Waals surface area contributed by atoms with Crippen LogP contribution in [0.25, 0.3) is 0 Å². The first kappa shape index (κ1) is 18.8. The van der Waals surface area contributed by atoms with E-state index in [2.05, 4.69) is 21.4 Å². The van der Waals surface area contributed by atoms with Gasteiger partial charge < -0.3 is 16.8 Å². The zero-order valence-corrected chi connectivity index (χ0v) is 15.9. The van der Waals surface area contributed by atoms with E-state index in [0.717, 1.165) is 11.1 Å². The number of nitrogens with two attached hydrogens (primary N) is 2. The molecule has 0 aliphatic rings. The minimum Gasteiger partial charge on any atom is -0.393 e. The van der Waals surface area contributed by atoms with Crippen molar-refractivity contribution in [2.45, 2.75) is 12.8 Å². The lowest BCUT2D eigenvalue weighted by molar-refractivity contribution is 1.03. The maximum atomic E-state index is 9.68. The van der Waals surface area contributed by atoms with E-state index in [9.17, 15) is 5.26 Å². The molecule has 8 heteroatoms. The van der Waals surface area contributed by atoms with Gasteiger partial charge in [-0.3, -0.25) is 0 Å². The smallest absolute Gasteiger partial charge is 0.159 e. The van der Waals surface area contributed by atoms with Crippen LogP contribution in [0.5, 0.6) is 0 Å². The molecular formula is C19H16Cl2N6. The summed E-state index contributed by atoms with van der Waals surface area (Å²) in [5.41, 5.74) is 15.0. The van der Waals surface area contributed by atoms with Crippen LogP contribution in [0, 0.1) is 18.3 Å². The van der Waals surface area contributed by atoms with Crippen molar-refractivity contribution in [2.75, 3.05) is 16.8 Å². The van der Waals surface area contributed by atoms with Crippen molar-refractivity contribution >= 4 is 46.2 Å². The van der Waals surface area contributed by atoms with Gasteiger partial charge in [0.2, 0.25) is 0 Å². The van der Waals surface area contributed by atoms with Gasteiger partial charge >= 0.3 is 0 Å². The van der Waals surface area contributed by atoms with Crippen LogP contribution in [-0.2, 0) is 0 Å². The van der Waals surface area contributed by atoms with E-state index in [4.69, 9.17) is 34.7 Å². The summed E-state index contributed by atoms with van der Waals surface area (Å²) in [6, 6.07) is 13.0. The maximum Gasteiger partial charge on any atom is 0.159 e. The SMILES string of the molecule is Cc1cc(C(C#N)c2ccc(Cl)cc2)c(Cl)cc1Nc1ncnc(N)c1N. The van der Waals surface area contributed by atoms with E-state index in [1.807, 2.05) is 25.1 Å². The highest BCUT2D eigenvalue weighted by Gasteiger charge is 2.19. The van der Waals surface area contributed by atoms with Gasteiger partial charge in [-0.15, -0.1) is 0 Å². The number of nitrogens with one attached hydrogen (secondary N) is 1. The summed E-state index contributed by atoms with van der Waals surface area (Å²) in [5.74, 6) is 0.0754. The number of hydrogen-bond donors (Lipinski definition) is 3. The Morgan fingerprint density at radius 3 is 2.48 bits per heavy atom. The van der Waals surface area contributed by atoms with Crippen molar-refractivity contribution in [3.8, 4) is 6.07 Å². The molecule has 0 radical (unpaired) electrons. The predicted octanol–water partition coefficient (Wildman–Crippen LogP) is 4.66. The quantitative estimate of drug-likeness (QED) is 0.588. The first-order chi connectivity index (χ1) is 12.9. The van der Waals surface area contributed by atoms with E-state index in [-0.39, 0.29) is 11.5 Å². The summed E-state index contributed by atoms with van der Waals surface area (Å²) >= 11 is 12.4. The van der Waals surface area contributed by atoms with Crippen LogP contribution in [0.3, 0.4) is 0 Å². The lowest BCUT2D eigenvalue weighted by Gasteiger charge is -2.17.